The van der Waals surface area contributed by atoms with Crippen LogP contribution in [0.25, 0.3) is 0 Å². The molecule has 74 valence electrons. The number of aryl methyl sites for hydroxylation is 1. The van der Waals surface area contributed by atoms with Gasteiger partial charge in [0.25, 0.3) is 0 Å². The number of fused-ring (bicyclic) bond motifs is 1. The molecule has 0 saturated carbocycles. The zero-order valence-corrected chi connectivity index (χ0v) is 7.32. The lowest BCUT2D eigenvalue weighted by atomic mass is 9.96. The van der Waals surface area contributed by atoms with E-state index in [4.69, 9.17) is 9.52 Å². The van der Waals surface area contributed by atoms with Gasteiger partial charge in [0.05, 0.1) is 0 Å². The first-order valence-corrected chi connectivity index (χ1v) is 4.28. The number of hydrogen-bond acceptors (Lipinski definition) is 4. The first-order chi connectivity index (χ1) is 6.72. The van der Waals surface area contributed by atoms with Crippen LogP contribution in [0.2, 0.25) is 0 Å². The average Bonchev–Trinajstić information content (AvgIpc) is 2.60. The molecular weight excluding hydrogens is 186 g/mol. The molecule has 0 radical (unpaired) electrons. The molecule has 2 rings (SSSR count). The summed E-state index contributed by atoms with van der Waals surface area (Å²) in [4.78, 5) is 10.6. The Morgan fingerprint density at radius 1 is 1.57 bits per heavy atom. The van der Waals surface area contributed by atoms with Crippen molar-refractivity contribution >= 4 is 11.7 Å². The van der Waals surface area contributed by atoms with Crippen LogP contribution in [0, 0.1) is 5.21 Å². The highest BCUT2D eigenvalue weighted by Gasteiger charge is 2.22. The Bertz CT molecular complexity index is 405. The van der Waals surface area contributed by atoms with Crippen molar-refractivity contribution in [2.45, 2.75) is 19.3 Å². The molecule has 5 nitrogen and oxygen atoms in total. The van der Waals surface area contributed by atoms with Gasteiger partial charge in [-0.1, -0.05) is 0 Å². The second-order valence-electron chi connectivity index (χ2n) is 3.14. The molecular formula is C9H8NO4-. The van der Waals surface area contributed by atoms with Crippen molar-refractivity contribution in [1.82, 2.24) is 0 Å². The third-order valence-corrected chi connectivity index (χ3v) is 2.26. The van der Waals surface area contributed by atoms with Gasteiger partial charge in [0.2, 0.25) is 5.76 Å². The van der Waals surface area contributed by atoms with Gasteiger partial charge in [0, 0.05) is 23.8 Å². The molecule has 1 aliphatic rings. The normalized spacial score (nSPS) is 18.1. The number of carboxylic acid groups (broad SMARTS) is 1. The average molecular weight is 194 g/mol. The Balaban J connectivity index is 2.48. The predicted octanol–water partition coefficient (Wildman–Crippen LogP) is 1.60. The van der Waals surface area contributed by atoms with E-state index in [1.54, 1.807) is 0 Å². The van der Waals surface area contributed by atoms with Crippen LogP contribution < -0.4 is 0 Å². The molecule has 1 aromatic rings. The van der Waals surface area contributed by atoms with Gasteiger partial charge in [0.15, 0.2) is 0 Å². The van der Waals surface area contributed by atoms with Crippen molar-refractivity contribution in [3.8, 4) is 0 Å². The van der Waals surface area contributed by atoms with Crippen molar-refractivity contribution in [1.29, 1.82) is 0 Å². The second kappa shape index (κ2) is 3.17. The van der Waals surface area contributed by atoms with Crippen molar-refractivity contribution in [3.05, 3.63) is 28.4 Å². The van der Waals surface area contributed by atoms with Crippen LogP contribution in [0.3, 0.4) is 0 Å². The van der Waals surface area contributed by atoms with E-state index in [1.165, 1.54) is 6.07 Å². The van der Waals surface area contributed by atoms with Crippen molar-refractivity contribution in [2.75, 3.05) is 0 Å². The van der Waals surface area contributed by atoms with E-state index < -0.39 is 5.97 Å². The second-order valence-corrected chi connectivity index (χ2v) is 3.14. The largest absolute Gasteiger partial charge is 0.792 e. The van der Waals surface area contributed by atoms with Gasteiger partial charge in [-0.15, -0.1) is 0 Å². The number of rotatable bonds is 1. The number of hydrogen-bond donors (Lipinski definition) is 1. The molecule has 0 saturated heterocycles. The number of carbonyl (C=O) groups is 1. The maximum atomic E-state index is 10.6. The summed E-state index contributed by atoms with van der Waals surface area (Å²) in [5.74, 6) is -0.689. The quantitative estimate of drug-likeness (QED) is 0.688. The van der Waals surface area contributed by atoms with Gasteiger partial charge in [-0.2, -0.15) is 0 Å². The zero-order chi connectivity index (χ0) is 10.1. The lowest BCUT2D eigenvalue weighted by molar-refractivity contribution is 0.0660. The van der Waals surface area contributed by atoms with Crippen LogP contribution in [0.4, 0.5) is 0 Å². The molecule has 1 N–H and O–H groups in total. The van der Waals surface area contributed by atoms with Crippen LogP contribution in [0.1, 0.15) is 34.7 Å². The lowest BCUT2D eigenvalue weighted by Crippen LogP contribution is -2.08. The maximum absolute atomic E-state index is 10.6. The minimum Gasteiger partial charge on any atom is -0.792 e. The Kier molecular flexibility index (Phi) is 1.99. The smallest absolute Gasteiger partial charge is 0.371 e. The number of nitrogens with zero attached hydrogens (tertiary/aromatic N) is 1. The Morgan fingerprint density at radius 2 is 2.36 bits per heavy atom. The van der Waals surface area contributed by atoms with E-state index >= 15 is 0 Å². The van der Waals surface area contributed by atoms with E-state index in [1.807, 2.05) is 0 Å². The highest BCUT2D eigenvalue weighted by atomic mass is 16.4. The minimum absolute atomic E-state index is 0.127. The summed E-state index contributed by atoms with van der Waals surface area (Å²) >= 11 is 0. The third-order valence-electron chi connectivity index (χ3n) is 2.26. The molecule has 0 amide bonds. The molecule has 0 spiro atoms. The van der Waals surface area contributed by atoms with Crippen LogP contribution in [-0.2, 0) is 6.42 Å². The minimum atomic E-state index is -1.12. The molecule has 0 aromatic carbocycles. The maximum Gasteiger partial charge on any atom is 0.371 e. The van der Waals surface area contributed by atoms with Gasteiger partial charge in [-0.25, -0.2) is 4.79 Å². The van der Waals surface area contributed by atoms with Gasteiger partial charge < -0.3 is 19.9 Å². The summed E-state index contributed by atoms with van der Waals surface area (Å²) in [6, 6.07) is 1.37. The lowest BCUT2D eigenvalue weighted by Gasteiger charge is -2.13. The Labute approximate surface area is 79.6 Å². The Hall–Kier alpha value is -1.78. The van der Waals surface area contributed by atoms with Gasteiger partial charge in [-0.05, 0) is 12.8 Å². The summed E-state index contributed by atoms with van der Waals surface area (Å²) in [6.07, 6.45) is 2.04. The number of carboxylic acids is 1. The van der Waals surface area contributed by atoms with Crippen LogP contribution in [0.15, 0.2) is 15.6 Å². The molecule has 0 fully saturated rings. The molecule has 0 aliphatic heterocycles. The van der Waals surface area contributed by atoms with Gasteiger partial charge in [-0.3, -0.25) is 0 Å². The fourth-order valence-corrected chi connectivity index (χ4v) is 1.61. The first-order valence-electron chi connectivity index (χ1n) is 4.28. The molecule has 5 heteroatoms. The first kappa shape index (κ1) is 8.80. The molecule has 0 unspecified atom stereocenters. The molecule has 1 aromatic heterocycles. The topological polar surface area (TPSA) is 85.9 Å². The summed E-state index contributed by atoms with van der Waals surface area (Å²) in [5.41, 5.74) is 0.950. The fourth-order valence-electron chi connectivity index (χ4n) is 1.61. The summed E-state index contributed by atoms with van der Waals surface area (Å²) < 4.78 is 5.08. The monoisotopic (exact) mass is 194 g/mol. The third kappa shape index (κ3) is 1.26. The highest BCUT2D eigenvalue weighted by molar-refractivity contribution is 6.03. The van der Waals surface area contributed by atoms with E-state index in [0.29, 0.717) is 29.9 Å². The number of furan rings is 1. The zero-order valence-electron chi connectivity index (χ0n) is 7.32. The molecule has 1 aliphatic carbocycles. The summed E-state index contributed by atoms with van der Waals surface area (Å²) in [5, 5.41) is 22.0. The van der Waals surface area contributed by atoms with E-state index in [-0.39, 0.29) is 5.76 Å². The Morgan fingerprint density at radius 3 is 3.00 bits per heavy atom. The van der Waals surface area contributed by atoms with Crippen molar-refractivity contribution < 1.29 is 14.3 Å². The van der Waals surface area contributed by atoms with E-state index in [0.717, 1.165) is 6.42 Å². The van der Waals surface area contributed by atoms with Crippen molar-refractivity contribution in [3.63, 3.8) is 0 Å². The molecule has 14 heavy (non-hydrogen) atoms. The summed E-state index contributed by atoms with van der Waals surface area (Å²) in [6.45, 7) is 0. The van der Waals surface area contributed by atoms with Crippen LogP contribution >= 0.6 is 0 Å². The summed E-state index contributed by atoms with van der Waals surface area (Å²) in [7, 11) is 0. The van der Waals surface area contributed by atoms with Crippen LogP contribution in [-0.4, -0.2) is 16.8 Å². The molecule has 1 heterocycles. The van der Waals surface area contributed by atoms with E-state index in [9.17, 15) is 10.0 Å². The predicted molar refractivity (Wildman–Crippen MR) is 48.5 cm³/mol. The molecule has 0 atom stereocenters. The van der Waals surface area contributed by atoms with Gasteiger partial charge >= 0.3 is 5.97 Å². The van der Waals surface area contributed by atoms with Crippen LogP contribution in [0.5, 0.6) is 0 Å². The number of aromatic carboxylic acids is 1. The fraction of sp³-hybridized carbons (Fsp3) is 0.333. The highest BCUT2D eigenvalue weighted by Crippen LogP contribution is 2.25. The van der Waals surface area contributed by atoms with Gasteiger partial charge in [0.1, 0.15) is 5.76 Å². The van der Waals surface area contributed by atoms with E-state index in [2.05, 4.69) is 5.16 Å². The molecule has 0 bridgehead atoms. The standard InChI is InChI=1S/C9H9NO4/c11-9(12)8-4-5-6(10-13)2-1-3-7(5)14-8/h4,13H,1-3H2,(H,11,12)/p-1. The SMILES string of the molecule is O=C(O)c1cc2c(o1)CCCC2=N[O-]. The van der Waals surface area contributed by atoms with Crippen molar-refractivity contribution in [2.24, 2.45) is 5.16 Å².